The number of fused-ring (bicyclic) bond motifs is 1. The molecule has 3 heterocycles. The van der Waals surface area contributed by atoms with Crippen LogP contribution in [0.15, 0.2) is 48.7 Å². The molecule has 2 aromatic carbocycles. The Morgan fingerprint density at radius 1 is 1.15 bits per heavy atom. The summed E-state index contributed by atoms with van der Waals surface area (Å²) in [5.74, 6) is -1.39. The Morgan fingerprint density at radius 3 is 2.68 bits per heavy atom. The number of piperidine rings is 1. The zero-order valence-corrected chi connectivity index (χ0v) is 18.4. The molecule has 1 aromatic heterocycles. The normalized spacial score (nSPS) is 17.5. The summed E-state index contributed by atoms with van der Waals surface area (Å²) in [6.07, 6.45) is 2.82. The van der Waals surface area contributed by atoms with E-state index in [4.69, 9.17) is 4.74 Å². The first-order valence-corrected chi connectivity index (χ1v) is 10.8. The lowest BCUT2D eigenvalue weighted by Crippen LogP contribution is -2.52. The van der Waals surface area contributed by atoms with Gasteiger partial charge in [0.1, 0.15) is 6.04 Å². The van der Waals surface area contributed by atoms with Gasteiger partial charge < -0.3 is 9.64 Å². The highest BCUT2D eigenvalue weighted by molar-refractivity contribution is 6.05. The quantitative estimate of drug-likeness (QED) is 0.452. The monoisotopic (exact) mass is 459 g/mol. The third-order valence-corrected chi connectivity index (χ3v) is 6.11. The van der Waals surface area contributed by atoms with Crippen molar-refractivity contribution in [1.82, 2.24) is 25.2 Å². The van der Waals surface area contributed by atoms with Crippen LogP contribution in [0.1, 0.15) is 50.4 Å². The summed E-state index contributed by atoms with van der Waals surface area (Å²) in [4.78, 5) is 50.0. The fourth-order valence-corrected chi connectivity index (χ4v) is 4.37. The van der Waals surface area contributed by atoms with Gasteiger partial charge in [-0.1, -0.05) is 23.4 Å². The van der Waals surface area contributed by atoms with Gasteiger partial charge >= 0.3 is 5.97 Å². The number of carbonyl (C=O) groups is 4. The summed E-state index contributed by atoms with van der Waals surface area (Å²) in [5.41, 5.74) is 4.13. The topological polar surface area (TPSA) is 123 Å². The van der Waals surface area contributed by atoms with Crippen molar-refractivity contribution in [3.05, 3.63) is 76.6 Å². The molecule has 0 bridgehead atoms. The van der Waals surface area contributed by atoms with Crippen LogP contribution in [0.25, 0.3) is 5.69 Å². The number of imide groups is 1. The maximum atomic E-state index is 13.0. The third-order valence-electron chi connectivity index (χ3n) is 6.11. The van der Waals surface area contributed by atoms with Crippen LogP contribution in [0.4, 0.5) is 0 Å². The molecule has 10 nitrogen and oxygen atoms in total. The number of aromatic nitrogens is 3. The first kappa shape index (κ1) is 21.5. The number of hydrogen-bond donors (Lipinski definition) is 1. The number of nitrogens with one attached hydrogen (secondary N) is 1. The molecule has 1 atom stereocenters. The van der Waals surface area contributed by atoms with Crippen LogP contribution in [0.5, 0.6) is 0 Å². The number of methoxy groups -OCH3 is 1. The minimum Gasteiger partial charge on any atom is -0.465 e. The van der Waals surface area contributed by atoms with E-state index in [0.29, 0.717) is 29.7 Å². The van der Waals surface area contributed by atoms with Crippen LogP contribution in [-0.4, -0.2) is 56.7 Å². The molecule has 1 fully saturated rings. The van der Waals surface area contributed by atoms with Crippen molar-refractivity contribution in [2.24, 2.45) is 0 Å². The Kier molecular flexibility index (Phi) is 5.40. The molecule has 1 unspecified atom stereocenters. The van der Waals surface area contributed by atoms with Crippen LogP contribution in [-0.2, 0) is 27.3 Å². The second-order valence-electron chi connectivity index (χ2n) is 8.22. The van der Waals surface area contributed by atoms with E-state index in [9.17, 15) is 19.2 Å². The van der Waals surface area contributed by atoms with E-state index in [0.717, 1.165) is 16.8 Å². The van der Waals surface area contributed by atoms with E-state index < -0.39 is 17.9 Å². The van der Waals surface area contributed by atoms with Crippen LogP contribution in [0, 0.1) is 0 Å². The molecule has 10 heteroatoms. The van der Waals surface area contributed by atoms with E-state index in [2.05, 4.69) is 15.6 Å². The SMILES string of the molecule is COC(=O)c1ccc(Cc2cn(-c3cccc4c3CN(C3CCC(=O)NC3=O)C4=O)nn2)cc1. The number of benzene rings is 2. The summed E-state index contributed by atoms with van der Waals surface area (Å²) in [5, 5.41) is 10.8. The van der Waals surface area contributed by atoms with Crippen molar-refractivity contribution in [2.45, 2.75) is 31.8 Å². The number of carbonyl (C=O) groups excluding carboxylic acids is 4. The molecule has 0 aliphatic carbocycles. The van der Waals surface area contributed by atoms with E-state index >= 15 is 0 Å². The van der Waals surface area contributed by atoms with Crippen LogP contribution in [0.3, 0.4) is 0 Å². The maximum Gasteiger partial charge on any atom is 0.337 e. The van der Waals surface area contributed by atoms with Crippen molar-refractivity contribution in [1.29, 1.82) is 0 Å². The summed E-state index contributed by atoms with van der Waals surface area (Å²) in [7, 11) is 1.34. The number of hydrogen-bond acceptors (Lipinski definition) is 7. The van der Waals surface area contributed by atoms with E-state index in [-0.39, 0.29) is 24.8 Å². The highest BCUT2D eigenvalue weighted by Crippen LogP contribution is 2.31. The summed E-state index contributed by atoms with van der Waals surface area (Å²) >= 11 is 0. The summed E-state index contributed by atoms with van der Waals surface area (Å²) in [6.45, 7) is 0.251. The first-order chi connectivity index (χ1) is 16.4. The third kappa shape index (κ3) is 3.83. The van der Waals surface area contributed by atoms with E-state index in [1.165, 1.54) is 12.0 Å². The molecule has 172 valence electrons. The van der Waals surface area contributed by atoms with Gasteiger partial charge in [-0.15, -0.1) is 5.10 Å². The first-order valence-electron chi connectivity index (χ1n) is 10.8. The van der Waals surface area contributed by atoms with Crippen molar-refractivity contribution in [3.8, 4) is 5.69 Å². The molecule has 1 N–H and O–H groups in total. The molecular weight excluding hydrogens is 438 g/mol. The average molecular weight is 459 g/mol. The minimum atomic E-state index is -0.676. The van der Waals surface area contributed by atoms with Crippen molar-refractivity contribution in [2.75, 3.05) is 7.11 Å². The molecule has 34 heavy (non-hydrogen) atoms. The fourth-order valence-electron chi connectivity index (χ4n) is 4.37. The molecule has 0 spiro atoms. The molecular formula is C24H21N5O5. The lowest BCUT2D eigenvalue weighted by atomic mass is 10.0. The van der Waals surface area contributed by atoms with Crippen molar-refractivity contribution in [3.63, 3.8) is 0 Å². The standard InChI is InChI=1S/C24H21N5O5/c1-34-24(33)15-7-5-14(6-8-15)11-16-12-29(27-26-16)19-4-2-3-17-18(19)13-28(23(17)32)20-9-10-21(30)25-22(20)31/h2-8,12,20H,9-11,13H2,1H3,(H,25,30,31). The summed E-state index contributed by atoms with van der Waals surface area (Å²) in [6, 6.07) is 11.7. The zero-order valence-electron chi connectivity index (χ0n) is 18.4. The smallest absolute Gasteiger partial charge is 0.337 e. The van der Waals surface area contributed by atoms with Gasteiger partial charge in [0.15, 0.2) is 0 Å². The van der Waals surface area contributed by atoms with Crippen molar-refractivity contribution >= 4 is 23.7 Å². The van der Waals surface area contributed by atoms with Gasteiger partial charge in [0, 0.05) is 30.5 Å². The second-order valence-corrected chi connectivity index (χ2v) is 8.22. The number of esters is 1. The van der Waals surface area contributed by atoms with Gasteiger partial charge in [-0.2, -0.15) is 0 Å². The molecule has 0 radical (unpaired) electrons. The van der Waals surface area contributed by atoms with Gasteiger partial charge in [0.25, 0.3) is 5.91 Å². The predicted molar refractivity (Wildman–Crippen MR) is 118 cm³/mol. The average Bonchev–Trinajstić information content (AvgIpc) is 3.43. The van der Waals surface area contributed by atoms with Gasteiger partial charge in [-0.3, -0.25) is 19.7 Å². The van der Waals surface area contributed by atoms with Gasteiger partial charge in [0.05, 0.1) is 30.3 Å². The Bertz CT molecular complexity index is 1310. The maximum absolute atomic E-state index is 13.0. The number of amides is 3. The largest absolute Gasteiger partial charge is 0.465 e. The molecule has 5 rings (SSSR count). The molecule has 2 aliphatic heterocycles. The predicted octanol–water partition coefficient (Wildman–Crippen LogP) is 1.41. The van der Waals surface area contributed by atoms with Crippen LogP contribution < -0.4 is 5.32 Å². The molecule has 0 saturated carbocycles. The molecule has 1 saturated heterocycles. The number of ether oxygens (including phenoxy) is 1. The molecule has 3 aromatic rings. The Hall–Kier alpha value is -4.34. The van der Waals surface area contributed by atoms with E-state index in [1.807, 2.05) is 18.2 Å². The number of rotatable bonds is 5. The molecule has 3 amide bonds. The lowest BCUT2D eigenvalue weighted by molar-refractivity contribution is -0.136. The second kappa shape index (κ2) is 8.54. The summed E-state index contributed by atoms with van der Waals surface area (Å²) < 4.78 is 6.34. The Labute approximate surface area is 194 Å². The molecule has 2 aliphatic rings. The minimum absolute atomic E-state index is 0.205. The van der Waals surface area contributed by atoms with Crippen molar-refractivity contribution < 1.29 is 23.9 Å². The number of nitrogens with zero attached hydrogens (tertiary/aromatic N) is 4. The Balaban J connectivity index is 1.36. The fraction of sp³-hybridized carbons (Fsp3) is 0.250. The van der Waals surface area contributed by atoms with Gasteiger partial charge in [-0.05, 0) is 36.2 Å². The van der Waals surface area contributed by atoms with Gasteiger partial charge in [0.2, 0.25) is 11.8 Å². The zero-order chi connectivity index (χ0) is 23.8. The lowest BCUT2D eigenvalue weighted by Gasteiger charge is -2.29. The van der Waals surface area contributed by atoms with E-state index in [1.54, 1.807) is 35.1 Å². The van der Waals surface area contributed by atoms with Gasteiger partial charge in [-0.25, -0.2) is 9.48 Å². The Morgan fingerprint density at radius 2 is 1.94 bits per heavy atom. The van der Waals surface area contributed by atoms with Crippen LogP contribution in [0.2, 0.25) is 0 Å². The van der Waals surface area contributed by atoms with Crippen LogP contribution >= 0.6 is 0 Å². The highest BCUT2D eigenvalue weighted by atomic mass is 16.5. The highest BCUT2D eigenvalue weighted by Gasteiger charge is 2.40.